The summed E-state index contributed by atoms with van der Waals surface area (Å²) in [5.74, 6) is 1.66. The lowest BCUT2D eigenvalue weighted by atomic mass is 10.2. The number of ether oxygens (including phenoxy) is 3. The minimum absolute atomic E-state index is 0.118. The van der Waals surface area contributed by atoms with Crippen molar-refractivity contribution in [1.29, 1.82) is 0 Å². The van der Waals surface area contributed by atoms with Crippen LogP contribution in [0.4, 0.5) is 5.69 Å². The maximum Gasteiger partial charge on any atom is 0.163 e. The van der Waals surface area contributed by atoms with Gasteiger partial charge in [0, 0.05) is 31.4 Å². The van der Waals surface area contributed by atoms with Gasteiger partial charge in [0.05, 0.1) is 12.7 Å². The summed E-state index contributed by atoms with van der Waals surface area (Å²) >= 11 is 0. The van der Waals surface area contributed by atoms with Crippen LogP contribution >= 0.6 is 0 Å². The summed E-state index contributed by atoms with van der Waals surface area (Å²) in [6.45, 7) is 4.23. The maximum atomic E-state index is 5.66. The Morgan fingerprint density at radius 1 is 1.17 bits per heavy atom. The molecule has 1 aromatic rings. The Morgan fingerprint density at radius 2 is 2.00 bits per heavy atom. The van der Waals surface area contributed by atoms with E-state index in [0.29, 0.717) is 19.8 Å². The molecule has 3 rings (SSSR count). The number of morpholine rings is 1. The first-order valence-electron chi connectivity index (χ1n) is 6.33. The first-order chi connectivity index (χ1) is 8.86. The van der Waals surface area contributed by atoms with E-state index in [0.717, 1.165) is 36.9 Å². The standard InChI is InChI=1S/C13H18N2O3/c14-8-11-9-15(3-4-16-11)10-1-2-12-13(7-10)18-6-5-17-12/h1-2,7,11H,3-6,8-9,14H2. The number of fused-ring (bicyclic) bond motifs is 1. The third-order valence-electron chi connectivity index (χ3n) is 3.29. The highest BCUT2D eigenvalue weighted by Gasteiger charge is 2.21. The molecule has 1 fully saturated rings. The van der Waals surface area contributed by atoms with Crippen LogP contribution in [0.2, 0.25) is 0 Å². The van der Waals surface area contributed by atoms with Gasteiger partial charge in [-0.05, 0) is 12.1 Å². The van der Waals surface area contributed by atoms with E-state index in [2.05, 4.69) is 11.0 Å². The van der Waals surface area contributed by atoms with Crippen molar-refractivity contribution in [3.63, 3.8) is 0 Å². The van der Waals surface area contributed by atoms with E-state index >= 15 is 0 Å². The molecular formula is C13H18N2O3. The highest BCUT2D eigenvalue weighted by Crippen LogP contribution is 2.34. The van der Waals surface area contributed by atoms with Crippen molar-refractivity contribution < 1.29 is 14.2 Å². The van der Waals surface area contributed by atoms with Crippen LogP contribution in [0.15, 0.2) is 18.2 Å². The Labute approximate surface area is 106 Å². The molecule has 2 aliphatic rings. The summed E-state index contributed by atoms with van der Waals surface area (Å²) in [6, 6.07) is 6.07. The van der Waals surface area contributed by atoms with Crippen molar-refractivity contribution in [3.05, 3.63) is 18.2 Å². The largest absolute Gasteiger partial charge is 0.486 e. The van der Waals surface area contributed by atoms with Crippen molar-refractivity contribution in [3.8, 4) is 11.5 Å². The molecule has 1 aromatic carbocycles. The number of benzene rings is 1. The van der Waals surface area contributed by atoms with E-state index in [9.17, 15) is 0 Å². The van der Waals surface area contributed by atoms with E-state index in [1.807, 2.05) is 12.1 Å². The molecule has 0 aliphatic carbocycles. The predicted octanol–water partition coefficient (Wildman–Crippen LogP) is 0.622. The first kappa shape index (κ1) is 11.6. The van der Waals surface area contributed by atoms with Crippen molar-refractivity contribution >= 4 is 5.69 Å². The molecule has 18 heavy (non-hydrogen) atoms. The second-order valence-electron chi connectivity index (χ2n) is 4.50. The van der Waals surface area contributed by atoms with Gasteiger partial charge in [-0.3, -0.25) is 0 Å². The van der Waals surface area contributed by atoms with Gasteiger partial charge in [-0.15, -0.1) is 0 Å². The van der Waals surface area contributed by atoms with Crippen LogP contribution in [0.25, 0.3) is 0 Å². The van der Waals surface area contributed by atoms with E-state index in [4.69, 9.17) is 19.9 Å². The number of anilines is 1. The Morgan fingerprint density at radius 3 is 2.83 bits per heavy atom. The molecule has 98 valence electrons. The molecule has 0 spiro atoms. The minimum Gasteiger partial charge on any atom is -0.486 e. The summed E-state index contributed by atoms with van der Waals surface area (Å²) in [5.41, 5.74) is 6.80. The summed E-state index contributed by atoms with van der Waals surface area (Å²) in [4.78, 5) is 2.28. The molecule has 0 radical (unpaired) electrons. The van der Waals surface area contributed by atoms with Crippen LogP contribution < -0.4 is 20.1 Å². The molecule has 0 aromatic heterocycles. The van der Waals surface area contributed by atoms with Gasteiger partial charge < -0.3 is 24.8 Å². The zero-order valence-electron chi connectivity index (χ0n) is 10.3. The Hall–Kier alpha value is -1.46. The van der Waals surface area contributed by atoms with Crippen LogP contribution in [0.3, 0.4) is 0 Å². The lowest BCUT2D eigenvalue weighted by Gasteiger charge is -2.34. The molecule has 2 aliphatic heterocycles. The van der Waals surface area contributed by atoms with E-state index in [1.165, 1.54) is 0 Å². The summed E-state index contributed by atoms with van der Waals surface area (Å²) < 4.78 is 16.7. The zero-order valence-corrected chi connectivity index (χ0v) is 10.3. The summed E-state index contributed by atoms with van der Waals surface area (Å²) in [6.07, 6.45) is 0.118. The maximum absolute atomic E-state index is 5.66. The highest BCUT2D eigenvalue weighted by atomic mass is 16.6. The van der Waals surface area contributed by atoms with Crippen LogP contribution in [0.5, 0.6) is 11.5 Å². The molecule has 0 saturated carbocycles. The SMILES string of the molecule is NCC1CN(c2ccc3c(c2)OCCO3)CCO1. The van der Waals surface area contributed by atoms with E-state index in [1.54, 1.807) is 0 Å². The lowest BCUT2D eigenvalue weighted by Crippen LogP contribution is -2.45. The van der Waals surface area contributed by atoms with Crippen LogP contribution in [-0.4, -0.2) is 45.6 Å². The lowest BCUT2D eigenvalue weighted by molar-refractivity contribution is 0.0465. The number of nitrogens with two attached hydrogens (primary N) is 1. The molecular weight excluding hydrogens is 232 g/mol. The third kappa shape index (κ3) is 2.23. The fraction of sp³-hybridized carbons (Fsp3) is 0.538. The average Bonchev–Trinajstić information content (AvgIpc) is 2.47. The fourth-order valence-electron chi connectivity index (χ4n) is 2.33. The van der Waals surface area contributed by atoms with Gasteiger partial charge in [0.25, 0.3) is 0 Å². The smallest absolute Gasteiger partial charge is 0.163 e. The normalized spacial score (nSPS) is 22.9. The quantitative estimate of drug-likeness (QED) is 0.834. The molecule has 1 saturated heterocycles. The molecule has 5 heteroatoms. The van der Waals surface area contributed by atoms with Crippen molar-refractivity contribution in [2.75, 3.05) is 44.4 Å². The van der Waals surface area contributed by atoms with E-state index in [-0.39, 0.29) is 6.10 Å². The van der Waals surface area contributed by atoms with Gasteiger partial charge in [-0.1, -0.05) is 0 Å². The van der Waals surface area contributed by atoms with Crippen molar-refractivity contribution in [2.24, 2.45) is 5.73 Å². The number of hydrogen-bond donors (Lipinski definition) is 1. The van der Waals surface area contributed by atoms with Gasteiger partial charge in [0.15, 0.2) is 11.5 Å². The van der Waals surface area contributed by atoms with Gasteiger partial charge >= 0.3 is 0 Å². The summed E-state index contributed by atoms with van der Waals surface area (Å²) in [5, 5.41) is 0. The summed E-state index contributed by atoms with van der Waals surface area (Å²) in [7, 11) is 0. The second kappa shape index (κ2) is 5.04. The van der Waals surface area contributed by atoms with Gasteiger partial charge in [0.1, 0.15) is 13.2 Å². The minimum atomic E-state index is 0.118. The highest BCUT2D eigenvalue weighted by molar-refractivity contribution is 5.57. The van der Waals surface area contributed by atoms with Gasteiger partial charge in [-0.2, -0.15) is 0 Å². The molecule has 2 N–H and O–H groups in total. The van der Waals surface area contributed by atoms with Crippen LogP contribution in [0.1, 0.15) is 0 Å². The average molecular weight is 250 g/mol. The number of rotatable bonds is 2. The predicted molar refractivity (Wildman–Crippen MR) is 68.4 cm³/mol. The third-order valence-corrected chi connectivity index (χ3v) is 3.29. The Bertz CT molecular complexity index is 425. The Balaban J connectivity index is 1.79. The zero-order chi connectivity index (χ0) is 12.4. The Kier molecular flexibility index (Phi) is 3.25. The van der Waals surface area contributed by atoms with Crippen LogP contribution in [-0.2, 0) is 4.74 Å². The van der Waals surface area contributed by atoms with Gasteiger partial charge in [-0.25, -0.2) is 0 Å². The van der Waals surface area contributed by atoms with Crippen LogP contribution in [0, 0.1) is 0 Å². The molecule has 5 nitrogen and oxygen atoms in total. The topological polar surface area (TPSA) is 57.0 Å². The molecule has 0 bridgehead atoms. The molecule has 1 atom stereocenters. The van der Waals surface area contributed by atoms with Crippen molar-refractivity contribution in [2.45, 2.75) is 6.10 Å². The van der Waals surface area contributed by atoms with Crippen molar-refractivity contribution in [1.82, 2.24) is 0 Å². The van der Waals surface area contributed by atoms with Gasteiger partial charge in [0.2, 0.25) is 0 Å². The molecule has 1 unspecified atom stereocenters. The molecule has 0 amide bonds. The first-order valence-corrected chi connectivity index (χ1v) is 6.33. The van der Waals surface area contributed by atoms with E-state index < -0.39 is 0 Å². The monoisotopic (exact) mass is 250 g/mol. The fourth-order valence-corrected chi connectivity index (χ4v) is 2.33. The molecule has 2 heterocycles. The number of hydrogen-bond acceptors (Lipinski definition) is 5. The second-order valence-corrected chi connectivity index (χ2v) is 4.50. The number of nitrogens with zero attached hydrogens (tertiary/aromatic N) is 1.